The van der Waals surface area contributed by atoms with Gasteiger partial charge in [-0.25, -0.2) is 0 Å². The van der Waals surface area contributed by atoms with E-state index in [1.54, 1.807) is 0 Å². The van der Waals surface area contributed by atoms with E-state index in [9.17, 15) is 0 Å². The summed E-state index contributed by atoms with van der Waals surface area (Å²) in [6.45, 7) is 2.16. The van der Waals surface area contributed by atoms with E-state index in [4.69, 9.17) is 0 Å². The van der Waals surface area contributed by atoms with Crippen molar-refractivity contribution in [3.8, 4) is 0 Å². The summed E-state index contributed by atoms with van der Waals surface area (Å²) < 4.78 is 5.87. The van der Waals surface area contributed by atoms with Crippen LogP contribution in [0.4, 0.5) is 0 Å². The number of rotatable bonds is 4. The van der Waals surface area contributed by atoms with Crippen LogP contribution < -0.4 is 17.6 Å². The van der Waals surface area contributed by atoms with Crippen molar-refractivity contribution >= 4 is 30.8 Å². The number of aryl methyl sites for hydroxylation is 1. The van der Waals surface area contributed by atoms with Gasteiger partial charge >= 0.3 is 159 Å². The van der Waals surface area contributed by atoms with Gasteiger partial charge in [-0.1, -0.05) is 0 Å². The number of benzene rings is 4. The third-order valence-corrected chi connectivity index (χ3v) is 15.2. The van der Waals surface area contributed by atoms with Crippen LogP contribution in [0.3, 0.4) is 0 Å². The molecule has 0 radical (unpaired) electrons. The van der Waals surface area contributed by atoms with E-state index >= 15 is 0 Å². The zero-order valence-corrected chi connectivity index (χ0v) is 17.1. The minimum absolute atomic E-state index is 1.30. The van der Waals surface area contributed by atoms with Crippen LogP contribution >= 0.6 is 0 Å². The van der Waals surface area contributed by atoms with E-state index in [2.05, 4.69) is 122 Å². The Labute approximate surface area is 158 Å². The Bertz CT molecular complexity index is 862. The Hall–Kier alpha value is -2.58. The third kappa shape index (κ3) is 2.91. The summed E-state index contributed by atoms with van der Waals surface area (Å²) in [4.78, 5) is 0. The quantitative estimate of drug-likeness (QED) is 0.465. The molecule has 0 bridgehead atoms. The van der Waals surface area contributed by atoms with Crippen molar-refractivity contribution in [3.63, 3.8) is 0 Å². The Morgan fingerprint density at radius 2 is 0.692 bits per heavy atom. The van der Waals surface area contributed by atoms with Crippen LogP contribution in [-0.2, 0) is 0 Å². The van der Waals surface area contributed by atoms with Gasteiger partial charge in [-0.3, -0.25) is 0 Å². The first-order valence-electron chi connectivity index (χ1n) is 9.05. The molecule has 0 aromatic heterocycles. The third-order valence-electron chi connectivity index (χ3n) is 5.10. The molecule has 4 aromatic rings. The molecule has 0 N–H and O–H groups in total. The van der Waals surface area contributed by atoms with Crippen LogP contribution in [0.2, 0.25) is 0 Å². The average molecular weight is 395 g/mol. The first-order valence-corrected chi connectivity index (χ1v) is 13.2. The van der Waals surface area contributed by atoms with Crippen molar-refractivity contribution in [1.29, 1.82) is 0 Å². The molecule has 0 fully saturated rings. The van der Waals surface area contributed by atoms with E-state index in [0.29, 0.717) is 0 Å². The van der Waals surface area contributed by atoms with Crippen LogP contribution in [-0.4, -0.2) is 13.3 Å². The molecule has 0 nitrogen and oxygen atoms in total. The predicted molar refractivity (Wildman–Crippen MR) is 115 cm³/mol. The summed E-state index contributed by atoms with van der Waals surface area (Å²) in [6.07, 6.45) is 0. The molecular formula is C25H22Ge. The molecular weight excluding hydrogens is 373 g/mol. The van der Waals surface area contributed by atoms with Gasteiger partial charge < -0.3 is 0 Å². The van der Waals surface area contributed by atoms with Crippen LogP contribution in [0.1, 0.15) is 5.56 Å². The fourth-order valence-corrected chi connectivity index (χ4v) is 13.8. The van der Waals surface area contributed by atoms with E-state index < -0.39 is 13.3 Å². The van der Waals surface area contributed by atoms with Crippen LogP contribution in [0.5, 0.6) is 0 Å². The standard InChI is InChI=1S/C25H22Ge/c1-21-17-19-25(20-18-21)26(22-11-5-2-6-12-22,23-13-7-3-8-14-23)24-15-9-4-10-16-24/h2-20H,1H3. The normalized spacial score (nSPS) is 11.3. The number of hydrogen-bond acceptors (Lipinski definition) is 0. The first-order chi connectivity index (χ1) is 12.8. The molecule has 4 aromatic carbocycles. The summed E-state index contributed by atoms with van der Waals surface area (Å²) >= 11 is -3.02. The summed E-state index contributed by atoms with van der Waals surface area (Å²) in [5.41, 5.74) is 1.30. The summed E-state index contributed by atoms with van der Waals surface area (Å²) in [5.74, 6) is 0. The fraction of sp³-hybridized carbons (Fsp3) is 0.0400. The van der Waals surface area contributed by atoms with Gasteiger partial charge in [0.25, 0.3) is 0 Å². The molecule has 126 valence electrons. The van der Waals surface area contributed by atoms with Crippen molar-refractivity contribution in [2.75, 3.05) is 0 Å². The van der Waals surface area contributed by atoms with Gasteiger partial charge in [0.2, 0.25) is 0 Å². The zero-order valence-electron chi connectivity index (χ0n) is 15.0. The topological polar surface area (TPSA) is 0 Å². The van der Waals surface area contributed by atoms with E-state index in [0.717, 1.165) is 0 Å². The second-order valence-electron chi connectivity index (χ2n) is 6.71. The summed E-state index contributed by atoms with van der Waals surface area (Å²) in [6, 6.07) is 42.5. The molecule has 0 saturated carbocycles. The first kappa shape index (κ1) is 16.9. The molecule has 0 saturated heterocycles. The Morgan fingerprint density at radius 1 is 0.385 bits per heavy atom. The molecule has 0 aliphatic heterocycles. The number of hydrogen-bond donors (Lipinski definition) is 0. The van der Waals surface area contributed by atoms with Crippen molar-refractivity contribution in [2.24, 2.45) is 0 Å². The van der Waals surface area contributed by atoms with Gasteiger partial charge in [0.15, 0.2) is 0 Å². The maximum atomic E-state index is 2.35. The van der Waals surface area contributed by atoms with Gasteiger partial charge in [0, 0.05) is 0 Å². The van der Waals surface area contributed by atoms with Crippen molar-refractivity contribution < 1.29 is 0 Å². The second kappa shape index (κ2) is 7.35. The van der Waals surface area contributed by atoms with Crippen LogP contribution in [0.15, 0.2) is 115 Å². The van der Waals surface area contributed by atoms with Gasteiger partial charge in [-0.2, -0.15) is 0 Å². The Kier molecular flexibility index (Phi) is 4.77. The molecule has 0 atom stereocenters. The molecule has 0 spiro atoms. The molecule has 0 aliphatic rings. The molecule has 0 heterocycles. The van der Waals surface area contributed by atoms with E-state index in [1.165, 1.54) is 23.1 Å². The van der Waals surface area contributed by atoms with Crippen LogP contribution in [0.25, 0.3) is 0 Å². The summed E-state index contributed by atoms with van der Waals surface area (Å²) in [5, 5.41) is 0. The van der Waals surface area contributed by atoms with Gasteiger partial charge in [-0.05, 0) is 0 Å². The Morgan fingerprint density at radius 3 is 1.04 bits per heavy atom. The maximum absolute atomic E-state index is 3.02. The Balaban J connectivity index is 2.12. The van der Waals surface area contributed by atoms with Gasteiger partial charge in [0.05, 0.1) is 0 Å². The zero-order chi connectivity index (χ0) is 17.8. The van der Waals surface area contributed by atoms with Crippen LogP contribution in [0, 0.1) is 6.92 Å². The SMILES string of the molecule is Cc1cc[c]([Ge]([c]2ccccc2)([c]2ccccc2)[c]2ccccc2)cc1. The minimum atomic E-state index is -3.02. The predicted octanol–water partition coefficient (Wildman–Crippen LogP) is 3.37. The van der Waals surface area contributed by atoms with E-state index in [1.807, 2.05) is 0 Å². The monoisotopic (exact) mass is 396 g/mol. The van der Waals surface area contributed by atoms with Crippen molar-refractivity contribution in [3.05, 3.63) is 121 Å². The molecule has 1 heteroatoms. The molecule has 26 heavy (non-hydrogen) atoms. The molecule has 4 rings (SSSR count). The molecule has 0 aliphatic carbocycles. The van der Waals surface area contributed by atoms with Gasteiger partial charge in [0.1, 0.15) is 0 Å². The fourth-order valence-electron chi connectivity index (χ4n) is 3.87. The van der Waals surface area contributed by atoms with Crippen molar-refractivity contribution in [1.82, 2.24) is 0 Å². The van der Waals surface area contributed by atoms with E-state index in [-0.39, 0.29) is 0 Å². The summed E-state index contributed by atoms with van der Waals surface area (Å²) in [7, 11) is 0. The average Bonchev–Trinajstić information content (AvgIpc) is 2.72. The van der Waals surface area contributed by atoms with Gasteiger partial charge in [-0.15, -0.1) is 0 Å². The molecule has 0 amide bonds. The second-order valence-corrected chi connectivity index (χ2v) is 14.7. The molecule has 0 unspecified atom stereocenters. The van der Waals surface area contributed by atoms with Crippen molar-refractivity contribution in [2.45, 2.75) is 6.92 Å².